The van der Waals surface area contributed by atoms with E-state index in [1.54, 1.807) is 10.8 Å². The Morgan fingerprint density at radius 2 is 2.67 bits per heavy atom. The first kappa shape index (κ1) is 6.01. The van der Waals surface area contributed by atoms with E-state index in [0.717, 1.165) is 12.2 Å². The second-order valence-corrected chi connectivity index (χ2v) is 1.70. The molecule has 0 spiro atoms. The fraction of sp³-hybridized carbons (Fsp3) is 0.333. The van der Waals surface area contributed by atoms with Crippen molar-refractivity contribution in [2.24, 2.45) is 0 Å². The van der Waals surface area contributed by atoms with Crippen LogP contribution in [0, 0.1) is 0 Å². The standard InChI is InChI=1S/C6H9N3/c1-3-6-5-9(4-2)8-7-6/h3,5H,1,4H2,2H3. The van der Waals surface area contributed by atoms with Crippen molar-refractivity contribution >= 4 is 6.08 Å². The fourth-order valence-electron chi connectivity index (χ4n) is 0.561. The number of nitrogens with zero attached hydrogens (tertiary/aromatic N) is 3. The molecule has 9 heavy (non-hydrogen) atoms. The summed E-state index contributed by atoms with van der Waals surface area (Å²) in [7, 11) is 0. The van der Waals surface area contributed by atoms with E-state index in [1.165, 1.54) is 0 Å². The Morgan fingerprint density at radius 3 is 3.00 bits per heavy atom. The maximum Gasteiger partial charge on any atom is 0.105 e. The van der Waals surface area contributed by atoms with Gasteiger partial charge in [0.05, 0.1) is 6.20 Å². The van der Waals surface area contributed by atoms with Crippen LogP contribution in [0.3, 0.4) is 0 Å². The zero-order chi connectivity index (χ0) is 6.69. The topological polar surface area (TPSA) is 30.7 Å². The van der Waals surface area contributed by atoms with E-state index in [-0.39, 0.29) is 0 Å². The van der Waals surface area contributed by atoms with Gasteiger partial charge in [-0.05, 0) is 13.0 Å². The average Bonchev–Trinajstić information content (AvgIpc) is 2.34. The summed E-state index contributed by atoms with van der Waals surface area (Å²) < 4.78 is 1.76. The average molecular weight is 123 g/mol. The van der Waals surface area contributed by atoms with Crippen molar-refractivity contribution < 1.29 is 0 Å². The first-order valence-electron chi connectivity index (χ1n) is 2.89. The molecule has 0 saturated heterocycles. The summed E-state index contributed by atoms with van der Waals surface area (Å²) in [5.41, 5.74) is 0.830. The minimum absolute atomic E-state index is 0.830. The summed E-state index contributed by atoms with van der Waals surface area (Å²) in [6.07, 6.45) is 3.53. The van der Waals surface area contributed by atoms with Gasteiger partial charge >= 0.3 is 0 Å². The van der Waals surface area contributed by atoms with Crippen LogP contribution in [0.4, 0.5) is 0 Å². The quantitative estimate of drug-likeness (QED) is 0.586. The molecule has 0 atom stereocenters. The molecule has 1 rings (SSSR count). The summed E-state index contributed by atoms with van der Waals surface area (Å²) in [5.74, 6) is 0. The Hall–Kier alpha value is -1.12. The van der Waals surface area contributed by atoms with Gasteiger partial charge in [0.1, 0.15) is 5.69 Å². The first-order valence-corrected chi connectivity index (χ1v) is 2.89. The van der Waals surface area contributed by atoms with Crippen LogP contribution in [0.5, 0.6) is 0 Å². The minimum atomic E-state index is 0.830. The molecule has 0 aliphatic carbocycles. The number of hydrogen-bond donors (Lipinski definition) is 0. The van der Waals surface area contributed by atoms with E-state index in [2.05, 4.69) is 16.9 Å². The van der Waals surface area contributed by atoms with E-state index >= 15 is 0 Å². The maximum atomic E-state index is 3.80. The largest absolute Gasteiger partial charge is 0.252 e. The lowest BCUT2D eigenvalue weighted by molar-refractivity contribution is 0.627. The third-order valence-corrected chi connectivity index (χ3v) is 1.09. The molecule has 0 aliphatic heterocycles. The number of aromatic nitrogens is 3. The van der Waals surface area contributed by atoms with Crippen molar-refractivity contribution in [3.05, 3.63) is 18.5 Å². The van der Waals surface area contributed by atoms with E-state index < -0.39 is 0 Å². The van der Waals surface area contributed by atoms with Crippen molar-refractivity contribution in [2.45, 2.75) is 13.5 Å². The zero-order valence-corrected chi connectivity index (χ0v) is 5.41. The molecule has 0 bridgehead atoms. The van der Waals surface area contributed by atoms with Gasteiger partial charge in [-0.25, -0.2) is 0 Å². The molecule has 0 unspecified atom stereocenters. The predicted octanol–water partition coefficient (Wildman–Crippen LogP) is 0.941. The SMILES string of the molecule is C=Cc1cn(CC)nn1. The molecule has 0 saturated carbocycles. The van der Waals surface area contributed by atoms with Crippen LogP contribution in [-0.2, 0) is 6.54 Å². The number of hydrogen-bond acceptors (Lipinski definition) is 2. The Bertz CT molecular complexity index is 202. The van der Waals surface area contributed by atoms with Crippen LogP contribution in [0.25, 0.3) is 6.08 Å². The molecular formula is C6H9N3. The van der Waals surface area contributed by atoms with Crippen molar-refractivity contribution in [2.75, 3.05) is 0 Å². The Morgan fingerprint density at radius 1 is 1.89 bits per heavy atom. The number of rotatable bonds is 2. The fourth-order valence-corrected chi connectivity index (χ4v) is 0.561. The molecular weight excluding hydrogens is 114 g/mol. The minimum Gasteiger partial charge on any atom is -0.252 e. The lowest BCUT2D eigenvalue weighted by atomic mass is 10.5. The molecule has 3 nitrogen and oxygen atoms in total. The Kier molecular flexibility index (Phi) is 1.63. The van der Waals surface area contributed by atoms with Crippen LogP contribution >= 0.6 is 0 Å². The monoisotopic (exact) mass is 123 g/mol. The maximum absolute atomic E-state index is 3.80. The predicted molar refractivity (Wildman–Crippen MR) is 35.8 cm³/mol. The van der Waals surface area contributed by atoms with Gasteiger partial charge in [0.25, 0.3) is 0 Å². The highest BCUT2D eigenvalue weighted by Crippen LogP contribution is 1.92. The van der Waals surface area contributed by atoms with Gasteiger partial charge in [-0.1, -0.05) is 11.8 Å². The molecule has 1 aromatic heterocycles. The van der Waals surface area contributed by atoms with E-state index in [1.807, 2.05) is 13.1 Å². The van der Waals surface area contributed by atoms with E-state index in [0.29, 0.717) is 0 Å². The molecule has 1 aromatic rings. The Labute approximate surface area is 54.0 Å². The zero-order valence-electron chi connectivity index (χ0n) is 5.41. The molecule has 0 aliphatic rings. The van der Waals surface area contributed by atoms with E-state index in [9.17, 15) is 0 Å². The Balaban J connectivity index is 2.86. The van der Waals surface area contributed by atoms with E-state index in [4.69, 9.17) is 0 Å². The van der Waals surface area contributed by atoms with Crippen LogP contribution < -0.4 is 0 Å². The molecule has 0 N–H and O–H groups in total. The van der Waals surface area contributed by atoms with Crippen molar-refractivity contribution in [1.82, 2.24) is 15.0 Å². The highest BCUT2D eigenvalue weighted by Gasteiger charge is 1.90. The third-order valence-electron chi connectivity index (χ3n) is 1.09. The summed E-state index contributed by atoms with van der Waals surface area (Å²) in [5, 5.41) is 7.60. The first-order chi connectivity index (χ1) is 4.36. The summed E-state index contributed by atoms with van der Waals surface area (Å²) >= 11 is 0. The third kappa shape index (κ3) is 1.16. The molecule has 0 radical (unpaired) electrons. The van der Waals surface area contributed by atoms with Gasteiger partial charge in [0.15, 0.2) is 0 Å². The molecule has 0 amide bonds. The van der Waals surface area contributed by atoms with Crippen LogP contribution in [0.1, 0.15) is 12.6 Å². The van der Waals surface area contributed by atoms with Crippen molar-refractivity contribution in [3.8, 4) is 0 Å². The van der Waals surface area contributed by atoms with Gasteiger partial charge in [0, 0.05) is 6.54 Å². The summed E-state index contributed by atoms with van der Waals surface area (Å²) in [6.45, 7) is 6.44. The molecule has 1 heterocycles. The molecule has 0 aromatic carbocycles. The normalized spacial score (nSPS) is 9.44. The molecule has 0 fully saturated rings. The van der Waals surface area contributed by atoms with Gasteiger partial charge in [-0.15, -0.1) is 5.10 Å². The highest BCUT2D eigenvalue weighted by atomic mass is 15.4. The second-order valence-electron chi connectivity index (χ2n) is 1.70. The van der Waals surface area contributed by atoms with Crippen LogP contribution in [-0.4, -0.2) is 15.0 Å². The lowest BCUT2D eigenvalue weighted by Gasteiger charge is -1.85. The van der Waals surface area contributed by atoms with Crippen molar-refractivity contribution in [3.63, 3.8) is 0 Å². The van der Waals surface area contributed by atoms with Crippen LogP contribution in [0.15, 0.2) is 12.8 Å². The second kappa shape index (κ2) is 2.44. The number of aryl methyl sites for hydroxylation is 1. The summed E-state index contributed by atoms with van der Waals surface area (Å²) in [4.78, 5) is 0. The van der Waals surface area contributed by atoms with Crippen LogP contribution in [0.2, 0.25) is 0 Å². The molecule has 48 valence electrons. The van der Waals surface area contributed by atoms with Gasteiger partial charge in [-0.3, -0.25) is 4.68 Å². The molecule has 3 heteroatoms. The van der Waals surface area contributed by atoms with Crippen molar-refractivity contribution in [1.29, 1.82) is 0 Å². The van der Waals surface area contributed by atoms with Gasteiger partial charge in [0.2, 0.25) is 0 Å². The van der Waals surface area contributed by atoms with Gasteiger partial charge in [-0.2, -0.15) is 0 Å². The smallest absolute Gasteiger partial charge is 0.105 e. The lowest BCUT2D eigenvalue weighted by Crippen LogP contribution is -1.93. The summed E-state index contributed by atoms with van der Waals surface area (Å²) in [6, 6.07) is 0. The van der Waals surface area contributed by atoms with Gasteiger partial charge < -0.3 is 0 Å². The highest BCUT2D eigenvalue weighted by molar-refractivity contribution is 5.38.